The lowest BCUT2D eigenvalue weighted by atomic mass is 10.1. The third kappa shape index (κ3) is 4.45. The highest BCUT2D eigenvalue weighted by atomic mass is 35.5. The molecule has 3 nitrogen and oxygen atoms in total. The predicted molar refractivity (Wildman–Crippen MR) is 67.8 cm³/mol. The van der Waals surface area contributed by atoms with Crippen molar-refractivity contribution in [3.8, 4) is 0 Å². The molecule has 86 valence electrons. The zero-order chi connectivity index (χ0) is 9.64. The second kappa shape index (κ2) is 7.14. The number of rotatable bonds is 4. The van der Waals surface area contributed by atoms with Crippen molar-refractivity contribution in [1.29, 1.82) is 0 Å². The molecule has 2 heterocycles. The van der Waals surface area contributed by atoms with Crippen LogP contribution in [-0.4, -0.2) is 33.6 Å². The van der Waals surface area contributed by atoms with Crippen molar-refractivity contribution in [1.82, 2.24) is 14.9 Å². The van der Waals surface area contributed by atoms with Crippen LogP contribution in [0.2, 0.25) is 0 Å². The Morgan fingerprint density at radius 3 is 2.87 bits per heavy atom. The molecule has 15 heavy (non-hydrogen) atoms. The molecule has 5 heteroatoms. The second-order valence-corrected chi connectivity index (χ2v) is 4.87. The molecule has 0 saturated carbocycles. The van der Waals surface area contributed by atoms with E-state index in [1.165, 1.54) is 24.3 Å². The molecule has 0 aliphatic carbocycles. The number of nitrogens with zero attached hydrogens (tertiary/aromatic N) is 2. The molecule has 1 aliphatic heterocycles. The summed E-state index contributed by atoms with van der Waals surface area (Å²) in [6.45, 7) is 2.09. The van der Waals surface area contributed by atoms with E-state index in [4.69, 9.17) is 0 Å². The van der Waals surface area contributed by atoms with E-state index in [0.29, 0.717) is 0 Å². The van der Waals surface area contributed by atoms with Gasteiger partial charge in [0.15, 0.2) is 0 Å². The molecule has 1 aromatic rings. The SMILES string of the molecule is Cl.c1cn(CCNC2CCSCC2)cn1. The number of aromatic nitrogens is 2. The molecule has 0 spiro atoms. The maximum absolute atomic E-state index is 4.02. The van der Waals surface area contributed by atoms with Crippen LogP contribution in [0.1, 0.15) is 12.8 Å². The van der Waals surface area contributed by atoms with Crippen LogP contribution in [0.25, 0.3) is 0 Å². The largest absolute Gasteiger partial charge is 0.336 e. The van der Waals surface area contributed by atoms with Crippen LogP contribution in [-0.2, 0) is 6.54 Å². The normalized spacial score (nSPS) is 17.3. The van der Waals surface area contributed by atoms with Crippen LogP contribution in [0.3, 0.4) is 0 Å². The highest BCUT2D eigenvalue weighted by molar-refractivity contribution is 7.99. The second-order valence-electron chi connectivity index (χ2n) is 3.64. The number of halogens is 1. The third-order valence-electron chi connectivity index (χ3n) is 2.58. The van der Waals surface area contributed by atoms with Crippen LogP contribution in [0.15, 0.2) is 18.7 Å². The Morgan fingerprint density at radius 2 is 2.20 bits per heavy atom. The van der Waals surface area contributed by atoms with E-state index in [-0.39, 0.29) is 12.4 Å². The topological polar surface area (TPSA) is 29.9 Å². The highest BCUT2D eigenvalue weighted by Gasteiger charge is 2.11. The third-order valence-corrected chi connectivity index (χ3v) is 3.63. The van der Waals surface area contributed by atoms with Gasteiger partial charge in [-0.2, -0.15) is 11.8 Å². The molecule has 1 aromatic heterocycles. The molecule has 0 unspecified atom stereocenters. The van der Waals surface area contributed by atoms with Crippen LogP contribution < -0.4 is 5.32 Å². The van der Waals surface area contributed by atoms with E-state index in [1.54, 1.807) is 0 Å². The van der Waals surface area contributed by atoms with Crippen molar-refractivity contribution in [2.75, 3.05) is 18.1 Å². The summed E-state index contributed by atoms with van der Waals surface area (Å²) in [7, 11) is 0. The first kappa shape index (κ1) is 12.9. The Hall–Kier alpha value is -0.190. The summed E-state index contributed by atoms with van der Waals surface area (Å²) in [6.07, 6.45) is 8.37. The molecule has 0 amide bonds. The molecule has 0 radical (unpaired) electrons. The van der Waals surface area contributed by atoms with Gasteiger partial charge in [0.2, 0.25) is 0 Å². The number of imidazole rings is 1. The molecule has 0 aromatic carbocycles. The Bertz CT molecular complexity index is 247. The maximum atomic E-state index is 4.02. The maximum Gasteiger partial charge on any atom is 0.0946 e. The summed E-state index contributed by atoms with van der Waals surface area (Å²) in [5.41, 5.74) is 0. The van der Waals surface area contributed by atoms with Gasteiger partial charge >= 0.3 is 0 Å². The molecule has 1 N–H and O–H groups in total. The van der Waals surface area contributed by atoms with Crippen LogP contribution in [0.5, 0.6) is 0 Å². The van der Waals surface area contributed by atoms with Gasteiger partial charge in [-0.05, 0) is 24.3 Å². The summed E-state index contributed by atoms with van der Waals surface area (Å²) < 4.78 is 2.12. The van der Waals surface area contributed by atoms with E-state index in [0.717, 1.165) is 19.1 Å². The van der Waals surface area contributed by atoms with E-state index in [2.05, 4.69) is 26.6 Å². The Kier molecular flexibility index (Phi) is 6.13. The fourth-order valence-corrected chi connectivity index (χ4v) is 2.82. The average molecular weight is 248 g/mol. The Labute approximate surface area is 101 Å². The molecular formula is C10H18ClN3S. The van der Waals surface area contributed by atoms with Crippen molar-refractivity contribution in [2.45, 2.75) is 25.4 Å². The van der Waals surface area contributed by atoms with E-state index in [9.17, 15) is 0 Å². The predicted octanol–water partition coefficient (Wildman–Crippen LogP) is 1.79. The fourth-order valence-electron chi connectivity index (χ4n) is 1.72. The van der Waals surface area contributed by atoms with Gasteiger partial charge in [-0.25, -0.2) is 4.98 Å². The number of nitrogens with one attached hydrogen (secondary N) is 1. The summed E-state index contributed by atoms with van der Waals surface area (Å²) in [4.78, 5) is 4.02. The van der Waals surface area contributed by atoms with Crippen molar-refractivity contribution >= 4 is 24.2 Å². The number of thioether (sulfide) groups is 1. The first-order valence-electron chi connectivity index (χ1n) is 5.22. The van der Waals surface area contributed by atoms with E-state index in [1.807, 2.05) is 18.7 Å². The van der Waals surface area contributed by atoms with Crippen molar-refractivity contribution in [3.05, 3.63) is 18.7 Å². The Balaban J connectivity index is 0.00000112. The quantitative estimate of drug-likeness (QED) is 0.880. The van der Waals surface area contributed by atoms with Gasteiger partial charge in [-0.15, -0.1) is 12.4 Å². The zero-order valence-corrected chi connectivity index (χ0v) is 10.4. The van der Waals surface area contributed by atoms with Crippen LogP contribution in [0.4, 0.5) is 0 Å². The van der Waals surface area contributed by atoms with Crippen LogP contribution >= 0.6 is 24.2 Å². The fraction of sp³-hybridized carbons (Fsp3) is 0.700. The molecule has 2 rings (SSSR count). The molecule has 1 fully saturated rings. The molecule has 1 aliphatic rings. The summed E-state index contributed by atoms with van der Waals surface area (Å²) in [5, 5.41) is 3.60. The summed E-state index contributed by atoms with van der Waals surface area (Å²) >= 11 is 2.07. The average Bonchev–Trinajstić information content (AvgIpc) is 2.72. The lowest BCUT2D eigenvalue weighted by Gasteiger charge is -2.22. The summed E-state index contributed by atoms with van der Waals surface area (Å²) in [5.74, 6) is 2.64. The molecular weight excluding hydrogens is 230 g/mol. The minimum Gasteiger partial charge on any atom is -0.336 e. The lowest BCUT2D eigenvalue weighted by molar-refractivity contribution is 0.464. The highest BCUT2D eigenvalue weighted by Crippen LogP contribution is 2.16. The van der Waals surface area contributed by atoms with E-state index < -0.39 is 0 Å². The van der Waals surface area contributed by atoms with Gasteiger partial charge in [0.05, 0.1) is 6.33 Å². The van der Waals surface area contributed by atoms with Gasteiger partial charge in [-0.1, -0.05) is 0 Å². The van der Waals surface area contributed by atoms with Gasteiger partial charge in [0, 0.05) is 31.5 Å². The smallest absolute Gasteiger partial charge is 0.0946 e. The van der Waals surface area contributed by atoms with Gasteiger partial charge in [0.1, 0.15) is 0 Å². The van der Waals surface area contributed by atoms with Gasteiger partial charge in [0.25, 0.3) is 0 Å². The standard InChI is InChI=1S/C10H17N3S.ClH/c1-7-14-8-2-10(1)12-4-6-13-5-3-11-9-13;/h3,5,9-10,12H,1-2,4,6-8H2;1H. The van der Waals surface area contributed by atoms with Gasteiger partial charge in [-0.3, -0.25) is 0 Å². The minimum absolute atomic E-state index is 0. The number of hydrogen-bond acceptors (Lipinski definition) is 3. The Morgan fingerprint density at radius 1 is 1.40 bits per heavy atom. The van der Waals surface area contributed by atoms with Gasteiger partial charge < -0.3 is 9.88 Å². The minimum atomic E-state index is 0. The summed E-state index contributed by atoms with van der Waals surface area (Å²) in [6, 6.07) is 0.750. The molecule has 0 bridgehead atoms. The number of hydrogen-bond donors (Lipinski definition) is 1. The first-order valence-corrected chi connectivity index (χ1v) is 6.37. The van der Waals surface area contributed by atoms with Crippen molar-refractivity contribution in [3.63, 3.8) is 0 Å². The van der Waals surface area contributed by atoms with Crippen molar-refractivity contribution in [2.24, 2.45) is 0 Å². The van der Waals surface area contributed by atoms with Crippen molar-refractivity contribution < 1.29 is 0 Å². The first-order chi connectivity index (χ1) is 6.95. The zero-order valence-electron chi connectivity index (χ0n) is 8.76. The molecule has 1 saturated heterocycles. The van der Waals surface area contributed by atoms with E-state index >= 15 is 0 Å². The van der Waals surface area contributed by atoms with Crippen LogP contribution in [0, 0.1) is 0 Å². The molecule has 0 atom stereocenters. The monoisotopic (exact) mass is 247 g/mol. The lowest BCUT2D eigenvalue weighted by Crippen LogP contribution is -2.34.